The van der Waals surface area contributed by atoms with Gasteiger partial charge in [-0.15, -0.1) is 0 Å². The third-order valence-corrected chi connectivity index (χ3v) is 11.1. The summed E-state index contributed by atoms with van der Waals surface area (Å²) in [6, 6.07) is 0.626. The number of hydrogen-bond donors (Lipinski definition) is 4. The fourth-order valence-corrected chi connectivity index (χ4v) is 8.55. The molecule has 0 aromatic heterocycles. The Bertz CT molecular complexity index is 1080. The highest BCUT2D eigenvalue weighted by Gasteiger charge is 2.45. The number of nitrogens with zero attached hydrogens (tertiary/aromatic N) is 1. The van der Waals surface area contributed by atoms with E-state index < -0.39 is 12.3 Å². The van der Waals surface area contributed by atoms with E-state index in [1.807, 2.05) is 13.8 Å². The quantitative estimate of drug-likeness (QED) is 0.285. The fraction of sp³-hybridized carbons (Fsp3) is 0.765. The molecule has 5 aliphatic rings. The van der Waals surface area contributed by atoms with E-state index in [9.17, 15) is 9.90 Å². The molecule has 5 rings (SSSR count). The second-order valence-electron chi connectivity index (χ2n) is 13.8. The third kappa shape index (κ3) is 6.37. The van der Waals surface area contributed by atoms with E-state index >= 15 is 0 Å². The van der Waals surface area contributed by atoms with E-state index in [2.05, 4.69) is 41.5 Å². The first-order chi connectivity index (χ1) is 19.7. The number of rotatable bonds is 8. The molecule has 1 amide bonds. The molecule has 2 aliphatic heterocycles. The Morgan fingerprint density at radius 3 is 2.61 bits per heavy atom. The first-order valence-corrected chi connectivity index (χ1v) is 16.4. The average molecular weight is 567 g/mol. The van der Waals surface area contributed by atoms with Crippen molar-refractivity contribution in [2.75, 3.05) is 13.7 Å². The molecule has 8 atom stereocenters. The normalized spacial score (nSPS) is 34.3. The number of carbonyl (C=O) groups excluding carboxylic acids is 1. The van der Waals surface area contributed by atoms with Crippen molar-refractivity contribution in [1.82, 2.24) is 15.5 Å². The molecule has 0 aromatic carbocycles. The number of allylic oxidation sites excluding steroid dienone is 5. The lowest BCUT2D eigenvalue weighted by Gasteiger charge is -2.40. The van der Waals surface area contributed by atoms with Crippen LogP contribution in [0, 0.1) is 29.1 Å². The number of carbonyl (C=O) groups is 1. The largest absolute Gasteiger partial charge is 0.453 e. The van der Waals surface area contributed by atoms with Gasteiger partial charge in [-0.05, 0) is 93.5 Å². The lowest BCUT2D eigenvalue weighted by Crippen LogP contribution is -2.59. The van der Waals surface area contributed by atoms with Crippen LogP contribution in [-0.4, -0.2) is 65.9 Å². The Labute approximate surface area is 247 Å². The van der Waals surface area contributed by atoms with E-state index in [1.165, 1.54) is 37.5 Å². The first-order valence-electron chi connectivity index (χ1n) is 16.4. The zero-order valence-corrected chi connectivity index (χ0v) is 26.0. The topological polar surface area (TPSA) is 97.7 Å². The second kappa shape index (κ2) is 13.1. The molecule has 7 nitrogen and oxygen atoms in total. The van der Waals surface area contributed by atoms with Gasteiger partial charge in [0.25, 0.3) is 0 Å². The van der Waals surface area contributed by atoms with Gasteiger partial charge in [0.2, 0.25) is 0 Å². The van der Waals surface area contributed by atoms with Crippen LogP contribution in [0.4, 0.5) is 4.79 Å². The number of aliphatic hydroxyl groups excluding tert-OH is 1. The third-order valence-electron chi connectivity index (χ3n) is 11.1. The predicted octanol–water partition coefficient (Wildman–Crippen LogP) is 6.10. The van der Waals surface area contributed by atoms with Crippen LogP contribution in [0.2, 0.25) is 0 Å². The predicted molar refractivity (Wildman–Crippen MR) is 165 cm³/mol. The van der Waals surface area contributed by atoms with Crippen molar-refractivity contribution in [3.05, 3.63) is 34.4 Å². The summed E-state index contributed by atoms with van der Waals surface area (Å²) in [6.45, 7) is 9.45. The SMILES string of the molecule is CCC1CC(C2=CC=C(C3CCC4=C(CCC(C)C4=N)C3)CC2)NC1C1CCCN1C(O)C(NC(=O)OC)C(C)C. The van der Waals surface area contributed by atoms with Crippen molar-refractivity contribution >= 4 is 11.8 Å². The molecule has 0 bridgehead atoms. The molecule has 2 fully saturated rings. The maximum absolute atomic E-state index is 12.0. The van der Waals surface area contributed by atoms with Crippen molar-refractivity contribution in [3.8, 4) is 0 Å². The summed E-state index contributed by atoms with van der Waals surface area (Å²) in [5, 5.41) is 27.0. The zero-order valence-electron chi connectivity index (χ0n) is 26.0. The molecule has 41 heavy (non-hydrogen) atoms. The van der Waals surface area contributed by atoms with Gasteiger partial charge in [-0.2, -0.15) is 0 Å². The number of likely N-dealkylation sites (tertiary alicyclic amines) is 1. The molecule has 3 aliphatic carbocycles. The monoisotopic (exact) mass is 566 g/mol. The van der Waals surface area contributed by atoms with Crippen LogP contribution in [0.3, 0.4) is 0 Å². The molecule has 7 heteroatoms. The van der Waals surface area contributed by atoms with E-state index in [0.29, 0.717) is 29.8 Å². The Morgan fingerprint density at radius 2 is 1.93 bits per heavy atom. The van der Waals surface area contributed by atoms with Gasteiger partial charge in [-0.1, -0.05) is 63.0 Å². The number of ether oxygens (including phenoxy) is 1. The van der Waals surface area contributed by atoms with Crippen LogP contribution < -0.4 is 10.6 Å². The number of hydrogen-bond acceptors (Lipinski definition) is 6. The number of nitrogens with one attached hydrogen (secondary N) is 3. The summed E-state index contributed by atoms with van der Waals surface area (Å²) < 4.78 is 4.85. The highest BCUT2D eigenvalue weighted by molar-refractivity contribution is 6.00. The molecular weight excluding hydrogens is 512 g/mol. The van der Waals surface area contributed by atoms with Crippen molar-refractivity contribution < 1.29 is 14.6 Å². The van der Waals surface area contributed by atoms with Crippen molar-refractivity contribution in [1.29, 1.82) is 5.41 Å². The van der Waals surface area contributed by atoms with E-state index in [0.717, 1.165) is 63.6 Å². The molecule has 0 radical (unpaired) electrons. The van der Waals surface area contributed by atoms with Gasteiger partial charge in [0, 0.05) is 30.4 Å². The minimum Gasteiger partial charge on any atom is -0.453 e. The fourth-order valence-electron chi connectivity index (χ4n) is 8.55. The van der Waals surface area contributed by atoms with Crippen molar-refractivity contribution in [2.24, 2.45) is 23.7 Å². The molecule has 228 valence electrons. The summed E-state index contributed by atoms with van der Waals surface area (Å²) >= 11 is 0. The lowest BCUT2D eigenvalue weighted by atomic mass is 9.70. The van der Waals surface area contributed by atoms with Crippen molar-refractivity contribution in [3.63, 3.8) is 0 Å². The van der Waals surface area contributed by atoms with Crippen molar-refractivity contribution in [2.45, 2.75) is 129 Å². The number of alkyl carbamates (subject to hydrolysis) is 1. The number of methoxy groups -OCH3 is 1. The Morgan fingerprint density at radius 1 is 1.17 bits per heavy atom. The molecule has 0 aromatic rings. The number of amides is 1. The average Bonchev–Trinajstić information content (AvgIpc) is 3.64. The Balaban J connectivity index is 1.25. The minimum atomic E-state index is -0.735. The second-order valence-corrected chi connectivity index (χ2v) is 13.8. The lowest BCUT2D eigenvalue weighted by molar-refractivity contribution is -0.0502. The summed E-state index contributed by atoms with van der Waals surface area (Å²) in [6.07, 6.45) is 16.2. The van der Waals surface area contributed by atoms with Gasteiger partial charge in [-0.25, -0.2) is 4.79 Å². The van der Waals surface area contributed by atoms with E-state index in [1.54, 1.807) is 11.1 Å². The molecule has 0 saturated carbocycles. The minimum absolute atomic E-state index is 0.0888. The number of aliphatic hydroxyl groups is 1. The van der Waals surface area contributed by atoms with Gasteiger partial charge in [-0.3, -0.25) is 4.90 Å². The summed E-state index contributed by atoms with van der Waals surface area (Å²) in [5.41, 5.74) is 7.05. The maximum Gasteiger partial charge on any atom is 0.407 e. The van der Waals surface area contributed by atoms with Crippen LogP contribution in [0.15, 0.2) is 34.4 Å². The zero-order chi connectivity index (χ0) is 29.3. The van der Waals surface area contributed by atoms with Gasteiger partial charge < -0.3 is 25.9 Å². The maximum atomic E-state index is 12.0. The van der Waals surface area contributed by atoms with Gasteiger partial charge in [0.05, 0.1) is 13.2 Å². The van der Waals surface area contributed by atoms with Crippen LogP contribution in [0.5, 0.6) is 0 Å². The van der Waals surface area contributed by atoms with Crippen LogP contribution >= 0.6 is 0 Å². The smallest absolute Gasteiger partial charge is 0.407 e. The molecule has 2 heterocycles. The summed E-state index contributed by atoms with van der Waals surface area (Å²) in [4.78, 5) is 14.3. The molecule has 4 N–H and O–H groups in total. The van der Waals surface area contributed by atoms with Crippen LogP contribution in [-0.2, 0) is 4.74 Å². The molecule has 2 saturated heterocycles. The van der Waals surface area contributed by atoms with Gasteiger partial charge in [0.15, 0.2) is 0 Å². The molecular formula is C34H54N4O3. The Hall–Kier alpha value is -1.96. The highest BCUT2D eigenvalue weighted by atomic mass is 16.5. The highest BCUT2D eigenvalue weighted by Crippen LogP contribution is 2.44. The Kier molecular flexibility index (Phi) is 9.77. The van der Waals surface area contributed by atoms with Crippen LogP contribution in [0.25, 0.3) is 0 Å². The first kappa shape index (κ1) is 30.5. The van der Waals surface area contributed by atoms with Gasteiger partial charge >= 0.3 is 6.09 Å². The summed E-state index contributed by atoms with van der Waals surface area (Å²) in [7, 11) is 1.37. The molecule has 8 unspecified atom stereocenters. The summed E-state index contributed by atoms with van der Waals surface area (Å²) in [5.74, 6) is 1.75. The van der Waals surface area contributed by atoms with Crippen LogP contribution in [0.1, 0.15) is 98.3 Å². The standard InChI is InChI=1S/C34H54N4O3/c1-6-22-19-28(36-32(22)29-8-7-17-38(29)33(39)31(20(2)3)37-34(40)41-5)24-13-11-23(12-14-24)25-15-16-27-26(18-25)10-9-21(4)30(27)35/h11,13,20-22,25,28-29,31-33,35-36,39H,6-10,12,14-19H2,1-5H3,(H,37,40). The van der Waals surface area contributed by atoms with E-state index in [-0.39, 0.29) is 18.0 Å². The molecule has 0 spiro atoms. The van der Waals surface area contributed by atoms with Gasteiger partial charge in [0.1, 0.15) is 6.23 Å². The van der Waals surface area contributed by atoms with E-state index in [4.69, 9.17) is 10.1 Å².